The zero-order valence-electron chi connectivity index (χ0n) is 11.9. The molecular weight excluding hydrogens is 258 g/mol. The summed E-state index contributed by atoms with van der Waals surface area (Å²) in [7, 11) is 0. The van der Waals surface area contributed by atoms with E-state index in [0.717, 1.165) is 18.7 Å². The first-order valence-electron chi connectivity index (χ1n) is 6.83. The molecule has 1 aromatic carbocycles. The highest BCUT2D eigenvalue weighted by molar-refractivity contribution is 5.43. The SMILES string of the molecule is Cc1ccc(C(C)N2CCOC(CN)C2)cc1[N+](=O)[O-]. The number of nitrogens with zero attached hydrogens (tertiary/aromatic N) is 2. The second kappa shape index (κ2) is 6.30. The molecule has 2 rings (SSSR count). The molecule has 110 valence electrons. The average Bonchev–Trinajstić information content (AvgIpc) is 2.46. The minimum absolute atomic E-state index is 0.0478. The van der Waals surface area contributed by atoms with Crippen LogP contribution < -0.4 is 5.73 Å². The smallest absolute Gasteiger partial charge is 0.272 e. The summed E-state index contributed by atoms with van der Waals surface area (Å²) in [5.74, 6) is 0. The Bertz CT molecular complexity index is 493. The maximum absolute atomic E-state index is 11.0. The first kappa shape index (κ1) is 14.9. The van der Waals surface area contributed by atoms with Crippen LogP contribution >= 0.6 is 0 Å². The van der Waals surface area contributed by atoms with Crippen molar-refractivity contribution >= 4 is 5.69 Å². The first-order chi connectivity index (χ1) is 9.52. The summed E-state index contributed by atoms with van der Waals surface area (Å²) in [5, 5.41) is 11.0. The molecule has 1 aromatic rings. The van der Waals surface area contributed by atoms with Gasteiger partial charge < -0.3 is 10.5 Å². The van der Waals surface area contributed by atoms with Crippen LogP contribution in [0.1, 0.15) is 24.1 Å². The molecule has 0 saturated carbocycles. The van der Waals surface area contributed by atoms with Gasteiger partial charge in [-0.3, -0.25) is 15.0 Å². The molecule has 2 atom stereocenters. The largest absolute Gasteiger partial charge is 0.374 e. The molecule has 1 aliphatic heterocycles. The molecule has 2 unspecified atom stereocenters. The van der Waals surface area contributed by atoms with E-state index in [1.54, 1.807) is 13.0 Å². The maximum atomic E-state index is 11.0. The van der Waals surface area contributed by atoms with E-state index >= 15 is 0 Å². The number of morpholine rings is 1. The van der Waals surface area contributed by atoms with Crippen molar-refractivity contribution in [2.24, 2.45) is 5.73 Å². The van der Waals surface area contributed by atoms with Crippen molar-refractivity contribution in [1.82, 2.24) is 4.90 Å². The lowest BCUT2D eigenvalue weighted by Gasteiger charge is -2.36. The molecule has 6 nitrogen and oxygen atoms in total. The van der Waals surface area contributed by atoms with Crippen LogP contribution in [-0.2, 0) is 4.74 Å². The summed E-state index contributed by atoms with van der Waals surface area (Å²) in [4.78, 5) is 13.0. The molecule has 0 aromatic heterocycles. The van der Waals surface area contributed by atoms with Gasteiger partial charge in [0.05, 0.1) is 17.6 Å². The van der Waals surface area contributed by atoms with Gasteiger partial charge in [-0.2, -0.15) is 0 Å². The number of aryl methyl sites for hydroxylation is 1. The summed E-state index contributed by atoms with van der Waals surface area (Å²) >= 11 is 0. The Morgan fingerprint density at radius 1 is 1.60 bits per heavy atom. The monoisotopic (exact) mass is 279 g/mol. The predicted octanol–water partition coefficient (Wildman–Crippen LogP) is 1.62. The van der Waals surface area contributed by atoms with Crippen molar-refractivity contribution in [3.63, 3.8) is 0 Å². The van der Waals surface area contributed by atoms with Crippen LogP contribution in [0.4, 0.5) is 5.69 Å². The van der Waals surface area contributed by atoms with Gasteiger partial charge in [-0.15, -0.1) is 0 Å². The fourth-order valence-electron chi connectivity index (χ4n) is 2.53. The maximum Gasteiger partial charge on any atom is 0.272 e. The van der Waals surface area contributed by atoms with E-state index in [9.17, 15) is 10.1 Å². The third-order valence-corrected chi connectivity index (χ3v) is 3.89. The first-order valence-corrected chi connectivity index (χ1v) is 6.83. The Morgan fingerprint density at radius 2 is 2.35 bits per heavy atom. The molecule has 1 saturated heterocycles. The van der Waals surface area contributed by atoms with Crippen molar-refractivity contribution in [2.45, 2.75) is 26.0 Å². The zero-order chi connectivity index (χ0) is 14.7. The average molecular weight is 279 g/mol. The molecule has 0 radical (unpaired) electrons. The Labute approximate surface area is 118 Å². The lowest BCUT2D eigenvalue weighted by atomic mass is 10.0. The second-order valence-corrected chi connectivity index (χ2v) is 5.20. The Kier molecular flexibility index (Phi) is 4.69. The Hall–Kier alpha value is -1.50. The van der Waals surface area contributed by atoms with E-state index in [0.29, 0.717) is 18.7 Å². The predicted molar refractivity (Wildman–Crippen MR) is 76.6 cm³/mol. The number of hydrogen-bond donors (Lipinski definition) is 1. The molecular formula is C14H21N3O3. The van der Waals surface area contributed by atoms with Crippen molar-refractivity contribution in [1.29, 1.82) is 0 Å². The highest BCUT2D eigenvalue weighted by atomic mass is 16.6. The Balaban J connectivity index is 2.18. The third kappa shape index (κ3) is 3.15. The number of ether oxygens (including phenoxy) is 1. The normalized spacial score (nSPS) is 21.6. The van der Waals surface area contributed by atoms with Gasteiger partial charge >= 0.3 is 0 Å². The van der Waals surface area contributed by atoms with E-state index in [1.165, 1.54) is 0 Å². The molecule has 6 heteroatoms. The molecule has 0 amide bonds. The summed E-state index contributed by atoms with van der Waals surface area (Å²) in [5.41, 5.74) is 7.47. The van der Waals surface area contributed by atoms with E-state index in [2.05, 4.69) is 11.8 Å². The van der Waals surface area contributed by atoms with E-state index in [-0.39, 0.29) is 22.8 Å². The van der Waals surface area contributed by atoms with E-state index in [4.69, 9.17) is 10.5 Å². The fraction of sp³-hybridized carbons (Fsp3) is 0.571. The summed E-state index contributed by atoms with van der Waals surface area (Å²) in [6.45, 7) is 6.55. The molecule has 0 aliphatic carbocycles. The van der Waals surface area contributed by atoms with E-state index in [1.807, 2.05) is 12.1 Å². The Morgan fingerprint density at radius 3 is 3.00 bits per heavy atom. The third-order valence-electron chi connectivity index (χ3n) is 3.89. The molecule has 1 fully saturated rings. The zero-order valence-corrected chi connectivity index (χ0v) is 11.9. The minimum atomic E-state index is -0.326. The van der Waals surface area contributed by atoms with Crippen molar-refractivity contribution in [2.75, 3.05) is 26.2 Å². The van der Waals surface area contributed by atoms with Crippen molar-refractivity contribution in [3.8, 4) is 0 Å². The van der Waals surface area contributed by atoms with Crippen molar-refractivity contribution < 1.29 is 9.66 Å². The van der Waals surface area contributed by atoms with Crippen LogP contribution in [0.5, 0.6) is 0 Å². The number of hydrogen-bond acceptors (Lipinski definition) is 5. The van der Waals surface area contributed by atoms with Gasteiger partial charge in [0.2, 0.25) is 0 Å². The molecule has 0 spiro atoms. The highest BCUT2D eigenvalue weighted by Crippen LogP contribution is 2.27. The van der Waals surface area contributed by atoms with Crippen LogP contribution in [0.3, 0.4) is 0 Å². The lowest BCUT2D eigenvalue weighted by molar-refractivity contribution is -0.385. The van der Waals surface area contributed by atoms with Crippen LogP contribution in [0.15, 0.2) is 18.2 Å². The summed E-state index contributed by atoms with van der Waals surface area (Å²) in [6.07, 6.45) is 0.0478. The fourth-order valence-corrected chi connectivity index (χ4v) is 2.53. The number of benzene rings is 1. The topological polar surface area (TPSA) is 81.6 Å². The second-order valence-electron chi connectivity index (χ2n) is 5.20. The van der Waals surface area contributed by atoms with Crippen LogP contribution in [0, 0.1) is 17.0 Å². The molecule has 20 heavy (non-hydrogen) atoms. The van der Waals surface area contributed by atoms with Crippen LogP contribution in [-0.4, -0.2) is 42.2 Å². The van der Waals surface area contributed by atoms with Gasteiger partial charge in [-0.05, 0) is 19.4 Å². The number of nitro benzene ring substituents is 1. The molecule has 1 heterocycles. The molecule has 2 N–H and O–H groups in total. The highest BCUT2D eigenvalue weighted by Gasteiger charge is 2.25. The summed E-state index contributed by atoms with van der Waals surface area (Å²) < 4.78 is 5.55. The van der Waals surface area contributed by atoms with Gasteiger partial charge in [0.15, 0.2) is 0 Å². The van der Waals surface area contributed by atoms with Gasteiger partial charge in [0.25, 0.3) is 5.69 Å². The van der Waals surface area contributed by atoms with Gasteiger partial charge in [-0.1, -0.05) is 12.1 Å². The van der Waals surface area contributed by atoms with Crippen LogP contribution in [0.25, 0.3) is 0 Å². The minimum Gasteiger partial charge on any atom is -0.374 e. The number of nitrogens with two attached hydrogens (primary N) is 1. The van der Waals surface area contributed by atoms with Gasteiger partial charge in [0.1, 0.15) is 0 Å². The van der Waals surface area contributed by atoms with Crippen molar-refractivity contribution in [3.05, 3.63) is 39.4 Å². The van der Waals surface area contributed by atoms with Gasteiger partial charge in [0, 0.05) is 37.3 Å². The molecule has 0 bridgehead atoms. The number of rotatable bonds is 4. The van der Waals surface area contributed by atoms with Gasteiger partial charge in [-0.25, -0.2) is 0 Å². The standard InChI is InChI=1S/C14H21N3O3/c1-10-3-4-12(7-14(10)17(18)19)11(2)16-5-6-20-13(8-15)9-16/h3-4,7,11,13H,5-6,8-9,15H2,1-2H3. The lowest BCUT2D eigenvalue weighted by Crippen LogP contribution is -2.46. The number of nitro groups is 1. The van der Waals surface area contributed by atoms with Crippen LogP contribution in [0.2, 0.25) is 0 Å². The quantitative estimate of drug-likeness (QED) is 0.669. The van der Waals surface area contributed by atoms with E-state index < -0.39 is 0 Å². The molecule has 1 aliphatic rings. The summed E-state index contributed by atoms with van der Waals surface area (Å²) in [6, 6.07) is 5.56.